The number of aromatic amines is 1. The molecule has 0 bridgehead atoms. The van der Waals surface area contributed by atoms with Gasteiger partial charge in [0.15, 0.2) is 0 Å². The molecule has 124 valence electrons. The van der Waals surface area contributed by atoms with E-state index in [1.165, 1.54) is 23.9 Å². The van der Waals surface area contributed by atoms with Gasteiger partial charge >= 0.3 is 5.69 Å². The summed E-state index contributed by atoms with van der Waals surface area (Å²) in [7, 11) is 0. The summed E-state index contributed by atoms with van der Waals surface area (Å²) in [6, 6.07) is 12.0. The number of benzene rings is 2. The third-order valence-electron chi connectivity index (χ3n) is 3.59. The summed E-state index contributed by atoms with van der Waals surface area (Å²) in [6.07, 6.45) is 0.778. The Kier molecular flexibility index (Phi) is 4.92. The maximum atomic E-state index is 12.0. The highest BCUT2D eigenvalue weighted by atomic mass is 35.5. The van der Waals surface area contributed by atoms with Crippen molar-refractivity contribution in [2.45, 2.75) is 17.9 Å². The molecule has 1 aromatic heterocycles. The second-order valence-electron chi connectivity index (χ2n) is 5.17. The van der Waals surface area contributed by atoms with E-state index in [0.29, 0.717) is 11.6 Å². The first-order chi connectivity index (χ1) is 11.6. The lowest BCUT2D eigenvalue weighted by atomic mass is 10.3. The van der Waals surface area contributed by atoms with E-state index in [0.717, 1.165) is 28.1 Å². The topological polar surface area (TPSA) is 80.9 Å². The molecule has 0 spiro atoms. The minimum atomic E-state index is -0.468. The number of fused-ring (bicyclic) bond motifs is 1. The second-order valence-corrected chi connectivity index (χ2v) is 6.72. The molecule has 0 atom stereocenters. The maximum Gasteiger partial charge on any atom is 0.326 e. The highest BCUT2D eigenvalue weighted by molar-refractivity contribution is 7.99. The van der Waals surface area contributed by atoms with E-state index < -0.39 is 4.92 Å². The van der Waals surface area contributed by atoms with Crippen LogP contribution in [0, 0.1) is 10.1 Å². The molecule has 6 nitrogen and oxygen atoms in total. The minimum Gasteiger partial charge on any atom is -0.306 e. The van der Waals surface area contributed by atoms with Crippen molar-refractivity contribution in [2.75, 3.05) is 5.75 Å². The quantitative estimate of drug-likeness (QED) is 0.310. The number of para-hydroxylation sites is 2. The number of non-ortho nitro benzene ring substituents is 1. The van der Waals surface area contributed by atoms with Gasteiger partial charge in [0.2, 0.25) is 0 Å². The summed E-state index contributed by atoms with van der Waals surface area (Å²) >= 11 is 7.59. The molecule has 0 saturated carbocycles. The zero-order valence-electron chi connectivity index (χ0n) is 12.6. The van der Waals surface area contributed by atoms with Crippen LogP contribution in [0.15, 0.2) is 52.2 Å². The molecule has 0 amide bonds. The molecule has 1 heterocycles. The number of hydrogen-bond acceptors (Lipinski definition) is 4. The van der Waals surface area contributed by atoms with Gasteiger partial charge in [0.05, 0.1) is 21.0 Å². The first kappa shape index (κ1) is 16.6. The first-order valence-electron chi connectivity index (χ1n) is 7.30. The van der Waals surface area contributed by atoms with Gasteiger partial charge in [0, 0.05) is 23.6 Å². The highest BCUT2D eigenvalue weighted by Gasteiger charge is 2.10. The van der Waals surface area contributed by atoms with E-state index in [1.807, 2.05) is 24.3 Å². The molecular formula is C16H14ClN3O3S. The lowest BCUT2D eigenvalue weighted by molar-refractivity contribution is -0.384. The van der Waals surface area contributed by atoms with Gasteiger partial charge in [0.25, 0.3) is 5.69 Å². The Labute approximate surface area is 146 Å². The number of H-pyrrole nitrogens is 1. The summed E-state index contributed by atoms with van der Waals surface area (Å²) in [5.74, 6) is 0.753. The standard InChI is InChI=1S/C16H14ClN3O3S/c17-12-10-11(20(22)23)6-7-15(12)24-9-3-8-19-14-5-2-1-4-13(14)18-16(19)21/h1-2,4-7,10H,3,8-9H2,(H,18,21). The van der Waals surface area contributed by atoms with E-state index in [4.69, 9.17) is 11.6 Å². The Morgan fingerprint density at radius 1 is 1.25 bits per heavy atom. The molecule has 3 aromatic rings. The van der Waals surface area contributed by atoms with E-state index in [2.05, 4.69) is 4.98 Å². The fourth-order valence-electron chi connectivity index (χ4n) is 2.45. The third kappa shape index (κ3) is 3.47. The van der Waals surface area contributed by atoms with Crippen LogP contribution in [0.2, 0.25) is 5.02 Å². The molecular weight excluding hydrogens is 350 g/mol. The second kappa shape index (κ2) is 7.11. The molecule has 0 unspecified atom stereocenters. The maximum absolute atomic E-state index is 12.0. The Morgan fingerprint density at radius 2 is 2.04 bits per heavy atom. The summed E-state index contributed by atoms with van der Waals surface area (Å²) in [5, 5.41) is 11.1. The van der Waals surface area contributed by atoms with Crippen molar-refractivity contribution in [1.29, 1.82) is 0 Å². The van der Waals surface area contributed by atoms with Crippen molar-refractivity contribution < 1.29 is 4.92 Å². The van der Waals surface area contributed by atoms with Crippen molar-refractivity contribution in [2.24, 2.45) is 0 Å². The van der Waals surface area contributed by atoms with Crippen molar-refractivity contribution in [3.8, 4) is 0 Å². The van der Waals surface area contributed by atoms with Crippen LogP contribution >= 0.6 is 23.4 Å². The van der Waals surface area contributed by atoms with Crippen molar-refractivity contribution >= 4 is 40.1 Å². The molecule has 24 heavy (non-hydrogen) atoms. The molecule has 0 aliphatic heterocycles. The molecule has 0 saturated heterocycles. The minimum absolute atomic E-state index is 0.0188. The lowest BCUT2D eigenvalue weighted by Crippen LogP contribution is -2.17. The third-order valence-corrected chi connectivity index (χ3v) is 5.18. The summed E-state index contributed by atoms with van der Waals surface area (Å²) < 4.78 is 1.72. The van der Waals surface area contributed by atoms with Crippen LogP contribution in [-0.2, 0) is 6.54 Å². The number of thioether (sulfide) groups is 1. The number of nitrogens with zero attached hydrogens (tertiary/aromatic N) is 2. The van der Waals surface area contributed by atoms with Crippen LogP contribution in [0.1, 0.15) is 6.42 Å². The normalized spacial score (nSPS) is 11.0. The van der Waals surface area contributed by atoms with Gasteiger partial charge in [-0.1, -0.05) is 23.7 Å². The lowest BCUT2D eigenvalue weighted by Gasteiger charge is -2.05. The van der Waals surface area contributed by atoms with Gasteiger partial charge < -0.3 is 4.98 Å². The van der Waals surface area contributed by atoms with Crippen LogP contribution in [0.25, 0.3) is 11.0 Å². The first-order valence-corrected chi connectivity index (χ1v) is 8.67. The average molecular weight is 364 g/mol. The fourth-order valence-corrected chi connectivity index (χ4v) is 3.65. The van der Waals surface area contributed by atoms with Crippen molar-refractivity contribution in [1.82, 2.24) is 9.55 Å². The van der Waals surface area contributed by atoms with E-state index in [9.17, 15) is 14.9 Å². The van der Waals surface area contributed by atoms with E-state index in [1.54, 1.807) is 10.6 Å². The van der Waals surface area contributed by atoms with Gasteiger partial charge in [0.1, 0.15) is 0 Å². The predicted octanol–water partition coefficient (Wildman–Crippen LogP) is 4.07. The van der Waals surface area contributed by atoms with E-state index in [-0.39, 0.29) is 11.4 Å². The average Bonchev–Trinajstić information content (AvgIpc) is 2.88. The summed E-state index contributed by atoms with van der Waals surface area (Å²) in [5.41, 5.74) is 1.58. The molecule has 0 radical (unpaired) electrons. The molecule has 0 fully saturated rings. The monoisotopic (exact) mass is 363 g/mol. The van der Waals surface area contributed by atoms with Crippen molar-refractivity contribution in [3.63, 3.8) is 0 Å². The Bertz CT molecular complexity index is 951. The van der Waals surface area contributed by atoms with Gasteiger partial charge in [-0.05, 0) is 30.4 Å². The van der Waals surface area contributed by atoms with Gasteiger partial charge in [-0.2, -0.15) is 0 Å². The molecule has 8 heteroatoms. The van der Waals surface area contributed by atoms with Crippen LogP contribution in [0.4, 0.5) is 5.69 Å². The largest absolute Gasteiger partial charge is 0.326 e. The van der Waals surface area contributed by atoms with Gasteiger partial charge in [-0.15, -0.1) is 11.8 Å². The highest BCUT2D eigenvalue weighted by Crippen LogP contribution is 2.30. The van der Waals surface area contributed by atoms with Gasteiger partial charge in [-0.3, -0.25) is 14.7 Å². The zero-order valence-corrected chi connectivity index (χ0v) is 14.1. The van der Waals surface area contributed by atoms with Crippen LogP contribution in [-0.4, -0.2) is 20.2 Å². The Balaban J connectivity index is 1.62. The molecule has 3 rings (SSSR count). The number of nitro groups is 1. The van der Waals surface area contributed by atoms with Crippen LogP contribution < -0.4 is 5.69 Å². The number of aromatic nitrogens is 2. The van der Waals surface area contributed by atoms with Crippen LogP contribution in [0.5, 0.6) is 0 Å². The molecule has 0 aliphatic rings. The number of rotatable bonds is 6. The zero-order chi connectivity index (χ0) is 17.1. The van der Waals surface area contributed by atoms with Crippen LogP contribution in [0.3, 0.4) is 0 Å². The molecule has 0 aliphatic carbocycles. The Hall–Kier alpha value is -2.25. The smallest absolute Gasteiger partial charge is 0.306 e. The number of imidazole rings is 1. The van der Waals surface area contributed by atoms with E-state index >= 15 is 0 Å². The molecule has 1 N–H and O–H groups in total. The number of nitrogens with one attached hydrogen (secondary N) is 1. The van der Waals surface area contributed by atoms with Gasteiger partial charge in [-0.25, -0.2) is 4.79 Å². The predicted molar refractivity (Wildman–Crippen MR) is 96.0 cm³/mol. The SMILES string of the molecule is O=c1[nH]c2ccccc2n1CCCSc1ccc([N+](=O)[O-])cc1Cl. The molecule has 2 aromatic carbocycles. The number of halogens is 1. The fraction of sp³-hybridized carbons (Fsp3) is 0.188. The Morgan fingerprint density at radius 3 is 2.79 bits per heavy atom. The number of nitro benzene ring substituents is 1. The van der Waals surface area contributed by atoms with Crippen molar-refractivity contribution in [3.05, 3.63) is 68.1 Å². The summed E-state index contributed by atoms with van der Waals surface area (Å²) in [4.78, 5) is 25.8. The summed E-state index contributed by atoms with van der Waals surface area (Å²) in [6.45, 7) is 0.598. The number of aryl methyl sites for hydroxylation is 1. The number of hydrogen-bond donors (Lipinski definition) is 1.